The van der Waals surface area contributed by atoms with Crippen molar-refractivity contribution >= 4 is 23.1 Å². The molecular weight excluding hydrogens is 447 g/mol. The molecule has 3 heterocycles. The van der Waals surface area contributed by atoms with Gasteiger partial charge in [-0.2, -0.15) is 18.2 Å². The third-order valence-corrected chi connectivity index (χ3v) is 6.24. The van der Waals surface area contributed by atoms with Gasteiger partial charge in [-0.05, 0) is 44.5 Å². The summed E-state index contributed by atoms with van der Waals surface area (Å²) in [5, 5.41) is 6.57. The summed E-state index contributed by atoms with van der Waals surface area (Å²) >= 11 is 0. The topological polar surface area (TPSA) is 78.7 Å². The number of rotatable bonds is 6. The number of carbonyl (C=O) groups is 1. The molecule has 4 rings (SSSR count). The molecule has 0 unspecified atom stereocenters. The fourth-order valence-corrected chi connectivity index (χ4v) is 4.30. The minimum absolute atomic E-state index is 0.104. The van der Waals surface area contributed by atoms with Gasteiger partial charge < -0.3 is 15.1 Å². The number of halogens is 3. The monoisotopic (exact) mass is 475 g/mol. The number of hydrogen-bond acceptors (Lipinski definition) is 6. The molecule has 0 radical (unpaired) electrons. The van der Waals surface area contributed by atoms with Gasteiger partial charge in [-0.25, -0.2) is 9.50 Å². The molecule has 0 atom stereocenters. The third-order valence-electron chi connectivity index (χ3n) is 6.24. The van der Waals surface area contributed by atoms with Crippen molar-refractivity contribution in [3.05, 3.63) is 47.0 Å². The second kappa shape index (κ2) is 9.57. The molecule has 0 aliphatic carbocycles. The number of nitrogens with zero attached hydrogens (tertiary/aromatic N) is 6. The zero-order valence-electron chi connectivity index (χ0n) is 19.5. The van der Waals surface area contributed by atoms with Crippen molar-refractivity contribution in [3.8, 4) is 0 Å². The second-order valence-corrected chi connectivity index (χ2v) is 8.39. The minimum Gasteiger partial charge on any atom is -0.367 e. The summed E-state index contributed by atoms with van der Waals surface area (Å²) in [5.41, 5.74) is 3.46. The van der Waals surface area contributed by atoms with Gasteiger partial charge in [0.05, 0.1) is 11.4 Å². The summed E-state index contributed by atoms with van der Waals surface area (Å²) in [6.45, 7) is 10.3. The molecule has 1 fully saturated rings. The molecule has 182 valence electrons. The Balaban J connectivity index is 1.46. The van der Waals surface area contributed by atoms with E-state index in [4.69, 9.17) is 0 Å². The number of anilines is 2. The van der Waals surface area contributed by atoms with Gasteiger partial charge in [0, 0.05) is 44.0 Å². The molecule has 8 nitrogen and oxygen atoms in total. The molecule has 1 aliphatic rings. The summed E-state index contributed by atoms with van der Waals surface area (Å²) in [6.07, 6.45) is -4.16. The lowest BCUT2D eigenvalue weighted by molar-refractivity contribution is -0.144. The van der Waals surface area contributed by atoms with E-state index in [2.05, 4.69) is 37.1 Å². The van der Waals surface area contributed by atoms with Crippen LogP contribution in [0.25, 0.3) is 5.78 Å². The van der Waals surface area contributed by atoms with E-state index in [1.807, 2.05) is 24.3 Å². The lowest BCUT2D eigenvalue weighted by atomic mass is 10.1. The van der Waals surface area contributed by atoms with Crippen molar-refractivity contribution in [2.75, 3.05) is 42.9 Å². The number of fused-ring (bicyclic) bond motifs is 1. The van der Waals surface area contributed by atoms with Gasteiger partial charge in [-0.1, -0.05) is 19.1 Å². The van der Waals surface area contributed by atoms with E-state index < -0.39 is 12.0 Å². The standard InChI is InChI=1S/C23H28F3N7O/c1-4-31-11-13-32(14-12-31)19-8-6-5-7-18(19)28-20(34)10-9-17-15(2)27-22-29-21(23(24,25)26)30-33(22)16(17)3/h5-8H,4,9-14H2,1-3H3,(H,28,34). The summed E-state index contributed by atoms with van der Waals surface area (Å²) in [5.74, 6) is -1.51. The smallest absolute Gasteiger partial charge is 0.367 e. The summed E-state index contributed by atoms with van der Waals surface area (Å²) < 4.78 is 40.1. The highest BCUT2D eigenvalue weighted by atomic mass is 19.4. The Morgan fingerprint density at radius 3 is 2.47 bits per heavy atom. The van der Waals surface area contributed by atoms with Crippen LogP contribution >= 0.6 is 0 Å². The van der Waals surface area contributed by atoms with Crippen LogP contribution in [0.2, 0.25) is 0 Å². The predicted molar refractivity (Wildman–Crippen MR) is 123 cm³/mol. The molecule has 0 spiro atoms. The molecular formula is C23H28F3N7O. The van der Waals surface area contributed by atoms with E-state index in [9.17, 15) is 18.0 Å². The van der Waals surface area contributed by atoms with Crippen molar-refractivity contribution in [2.24, 2.45) is 0 Å². The van der Waals surface area contributed by atoms with E-state index in [1.54, 1.807) is 13.8 Å². The van der Waals surface area contributed by atoms with Crippen LogP contribution in [0.4, 0.5) is 24.5 Å². The molecule has 3 aromatic rings. The zero-order valence-corrected chi connectivity index (χ0v) is 19.5. The maximum absolute atomic E-state index is 13.0. The van der Waals surface area contributed by atoms with E-state index in [0.717, 1.165) is 48.6 Å². The molecule has 1 saturated heterocycles. The SMILES string of the molecule is CCN1CCN(c2ccccc2NC(=O)CCc2c(C)nc3nc(C(F)(F)F)nn3c2C)CC1. The zero-order chi connectivity index (χ0) is 24.5. The quantitative estimate of drug-likeness (QED) is 0.588. The van der Waals surface area contributed by atoms with Gasteiger partial charge in [0.2, 0.25) is 5.91 Å². The number of amides is 1. The number of piperazine rings is 1. The fourth-order valence-electron chi connectivity index (χ4n) is 4.30. The van der Waals surface area contributed by atoms with Crippen LogP contribution in [0.15, 0.2) is 24.3 Å². The molecule has 1 aromatic carbocycles. The average Bonchev–Trinajstić information content (AvgIpc) is 3.24. The Kier molecular flexibility index (Phi) is 6.74. The number of alkyl halides is 3. The molecule has 0 saturated carbocycles. The molecule has 2 aromatic heterocycles. The molecule has 0 bridgehead atoms. The Hall–Kier alpha value is -3.21. The van der Waals surface area contributed by atoms with Gasteiger partial charge in [0.1, 0.15) is 0 Å². The van der Waals surface area contributed by atoms with Crippen molar-refractivity contribution < 1.29 is 18.0 Å². The number of carbonyl (C=O) groups excluding carboxylic acids is 1. The summed E-state index contributed by atoms with van der Waals surface area (Å²) in [4.78, 5) is 25.1. The summed E-state index contributed by atoms with van der Waals surface area (Å²) in [7, 11) is 0. The van der Waals surface area contributed by atoms with Gasteiger partial charge in [-0.3, -0.25) is 4.79 Å². The van der Waals surface area contributed by atoms with Crippen molar-refractivity contribution in [1.29, 1.82) is 0 Å². The van der Waals surface area contributed by atoms with E-state index in [-0.39, 0.29) is 18.1 Å². The number of nitrogens with one attached hydrogen (secondary N) is 1. The lowest BCUT2D eigenvalue weighted by Crippen LogP contribution is -2.46. The Bertz CT molecular complexity index is 1180. The van der Waals surface area contributed by atoms with E-state index in [1.165, 1.54) is 0 Å². The van der Waals surface area contributed by atoms with Crippen LogP contribution in [-0.4, -0.2) is 63.1 Å². The Morgan fingerprint density at radius 1 is 1.09 bits per heavy atom. The number of aryl methyl sites for hydroxylation is 2. The number of likely N-dealkylation sites (N-methyl/N-ethyl adjacent to an activating group) is 1. The number of hydrogen-bond donors (Lipinski definition) is 1. The number of aromatic nitrogens is 4. The van der Waals surface area contributed by atoms with Crippen LogP contribution in [0, 0.1) is 13.8 Å². The maximum atomic E-state index is 13.0. The van der Waals surface area contributed by atoms with Crippen molar-refractivity contribution in [2.45, 2.75) is 39.8 Å². The first-order valence-electron chi connectivity index (χ1n) is 11.3. The van der Waals surface area contributed by atoms with Crippen LogP contribution in [0.1, 0.15) is 36.1 Å². The first kappa shape index (κ1) is 23.9. The average molecular weight is 476 g/mol. The second-order valence-electron chi connectivity index (χ2n) is 8.39. The Labute approximate surface area is 195 Å². The van der Waals surface area contributed by atoms with Crippen LogP contribution in [0.3, 0.4) is 0 Å². The lowest BCUT2D eigenvalue weighted by Gasteiger charge is -2.36. The molecule has 11 heteroatoms. The van der Waals surface area contributed by atoms with Gasteiger partial charge >= 0.3 is 6.18 Å². The molecule has 1 N–H and O–H groups in total. The third kappa shape index (κ3) is 4.98. The summed E-state index contributed by atoms with van der Waals surface area (Å²) in [6, 6.07) is 7.73. The van der Waals surface area contributed by atoms with Crippen LogP contribution in [-0.2, 0) is 17.4 Å². The van der Waals surface area contributed by atoms with Gasteiger partial charge in [-0.15, -0.1) is 5.10 Å². The number of benzene rings is 1. The largest absolute Gasteiger partial charge is 0.453 e. The highest BCUT2D eigenvalue weighted by molar-refractivity contribution is 5.94. The fraction of sp³-hybridized carbons (Fsp3) is 0.478. The van der Waals surface area contributed by atoms with Gasteiger partial charge in [0.15, 0.2) is 0 Å². The molecule has 1 amide bonds. The van der Waals surface area contributed by atoms with E-state index >= 15 is 0 Å². The van der Waals surface area contributed by atoms with E-state index in [0.29, 0.717) is 23.4 Å². The highest BCUT2D eigenvalue weighted by Gasteiger charge is 2.37. The van der Waals surface area contributed by atoms with Crippen LogP contribution in [0.5, 0.6) is 0 Å². The van der Waals surface area contributed by atoms with Crippen LogP contribution < -0.4 is 10.2 Å². The first-order valence-corrected chi connectivity index (χ1v) is 11.3. The van der Waals surface area contributed by atoms with Crippen molar-refractivity contribution in [1.82, 2.24) is 24.5 Å². The molecule has 34 heavy (non-hydrogen) atoms. The normalized spacial score (nSPS) is 15.2. The maximum Gasteiger partial charge on any atom is 0.453 e. The number of para-hydroxylation sites is 2. The predicted octanol–water partition coefficient (Wildman–Crippen LogP) is 3.47. The molecule has 1 aliphatic heterocycles. The highest BCUT2D eigenvalue weighted by Crippen LogP contribution is 2.28. The van der Waals surface area contributed by atoms with Crippen molar-refractivity contribution in [3.63, 3.8) is 0 Å². The van der Waals surface area contributed by atoms with Gasteiger partial charge in [0.25, 0.3) is 11.6 Å². The Morgan fingerprint density at radius 2 is 1.79 bits per heavy atom. The minimum atomic E-state index is -4.65. The first-order chi connectivity index (χ1) is 16.2.